The van der Waals surface area contributed by atoms with Crippen LogP contribution in [-0.2, 0) is 25.8 Å². The van der Waals surface area contributed by atoms with Gasteiger partial charge in [0.15, 0.2) is 14.6 Å². The lowest BCUT2D eigenvalue weighted by Gasteiger charge is -2.36. The number of ether oxygens (including phenoxy) is 1. The van der Waals surface area contributed by atoms with Crippen molar-refractivity contribution in [1.82, 2.24) is 10.3 Å². The predicted molar refractivity (Wildman–Crippen MR) is 127 cm³/mol. The molecule has 0 atom stereocenters. The summed E-state index contributed by atoms with van der Waals surface area (Å²) in [6.07, 6.45) is -3.00. The number of benzene rings is 1. The quantitative estimate of drug-likeness (QED) is 0.533. The van der Waals surface area contributed by atoms with Crippen molar-refractivity contribution in [2.45, 2.75) is 74.3 Å². The molecule has 0 aliphatic carbocycles. The van der Waals surface area contributed by atoms with E-state index >= 15 is 0 Å². The standard InChI is InChI=1S/C25H31F3N2O4S/c1-23(2,3)34-22(31)24(13-15-29-16-14-24)35(32,33)20-9-7-19(8-10-20)21-11-6-18(17-30-21)5-4-12-25(26,27)28/h6-11,17,29H,4-5,12-16H2,1-3H3. The summed E-state index contributed by atoms with van der Waals surface area (Å²) in [7, 11) is -4.05. The third-order valence-electron chi connectivity index (χ3n) is 5.91. The van der Waals surface area contributed by atoms with Crippen molar-refractivity contribution >= 4 is 15.8 Å². The van der Waals surface area contributed by atoms with Gasteiger partial charge in [-0.05, 0) is 83.3 Å². The maximum atomic E-state index is 13.7. The van der Waals surface area contributed by atoms with Crippen molar-refractivity contribution in [3.8, 4) is 11.3 Å². The van der Waals surface area contributed by atoms with E-state index in [0.717, 1.165) is 0 Å². The highest BCUT2D eigenvalue weighted by molar-refractivity contribution is 7.93. The SMILES string of the molecule is CC(C)(C)OC(=O)C1(S(=O)(=O)c2ccc(-c3ccc(CCCC(F)(F)F)cn3)cc2)CCNCC1. The minimum atomic E-state index is -4.17. The highest BCUT2D eigenvalue weighted by Crippen LogP contribution is 2.37. The molecular weight excluding hydrogens is 481 g/mol. The van der Waals surface area contributed by atoms with Gasteiger partial charge in [-0.15, -0.1) is 0 Å². The van der Waals surface area contributed by atoms with Crippen LogP contribution in [0.2, 0.25) is 0 Å². The van der Waals surface area contributed by atoms with Crippen LogP contribution in [-0.4, -0.2) is 49.0 Å². The van der Waals surface area contributed by atoms with Crippen LogP contribution in [0.4, 0.5) is 13.2 Å². The monoisotopic (exact) mass is 512 g/mol. The summed E-state index contributed by atoms with van der Waals surface area (Å²) < 4.78 is 68.2. The Kier molecular flexibility index (Phi) is 7.96. The smallest absolute Gasteiger partial charge is 0.389 e. The van der Waals surface area contributed by atoms with Gasteiger partial charge >= 0.3 is 12.1 Å². The van der Waals surface area contributed by atoms with Crippen molar-refractivity contribution in [1.29, 1.82) is 0 Å². The van der Waals surface area contributed by atoms with Crippen LogP contribution in [0.1, 0.15) is 52.0 Å². The molecule has 1 aliphatic heterocycles. The van der Waals surface area contributed by atoms with E-state index in [-0.39, 0.29) is 30.6 Å². The largest absolute Gasteiger partial charge is 0.459 e. The Morgan fingerprint density at radius 3 is 2.20 bits per heavy atom. The normalized spacial score (nSPS) is 16.6. The van der Waals surface area contributed by atoms with Gasteiger partial charge in [0, 0.05) is 18.2 Å². The number of hydrogen-bond donors (Lipinski definition) is 1. The maximum absolute atomic E-state index is 13.7. The van der Waals surface area contributed by atoms with Crippen LogP contribution >= 0.6 is 0 Å². The number of rotatable bonds is 7. The first-order chi connectivity index (χ1) is 16.2. The number of pyridine rings is 1. The van der Waals surface area contributed by atoms with E-state index in [1.807, 2.05) is 0 Å². The fourth-order valence-electron chi connectivity index (χ4n) is 4.05. The first-order valence-electron chi connectivity index (χ1n) is 11.5. The second-order valence-corrected chi connectivity index (χ2v) is 12.1. The zero-order valence-corrected chi connectivity index (χ0v) is 20.9. The van der Waals surface area contributed by atoms with Crippen molar-refractivity contribution in [3.63, 3.8) is 0 Å². The summed E-state index contributed by atoms with van der Waals surface area (Å²) in [5.74, 6) is -0.738. The summed E-state index contributed by atoms with van der Waals surface area (Å²) in [6, 6.07) is 9.55. The molecule has 3 rings (SSSR count). The zero-order valence-electron chi connectivity index (χ0n) is 20.1. The van der Waals surface area contributed by atoms with E-state index in [0.29, 0.717) is 29.9 Å². The first kappa shape index (κ1) is 27.1. The Balaban J connectivity index is 1.80. The van der Waals surface area contributed by atoms with E-state index in [1.54, 1.807) is 45.0 Å². The second kappa shape index (κ2) is 10.3. The third kappa shape index (κ3) is 6.61. The van der Waals surface area contributed by atoms with E-state index < -0.39 is 38.8 Å². The molecule has 2 aromatic rings. The van der Waals surface area contributed by atoms with Crippen LogP contribution in [0.3, 0.4) is 0 Å². The van der Waals surface area contributed by atoms with Crippen LogP contribution in [0.15, 0.2) is 47.5 Å². The molecule has 1 saturated heterocycles. The number of nitrogens with zero attached hydrogens (tertiary/aromatic N) is 1. The third-order valence-corrected chi connectivity index (χ3v) is 8.40. The number of alkyl halides is 3. The molecule has 0 amide bonds. The highest BCUT2D eigenvalue weighted by Gasteiger charge is 2.54. The van der Waals surface area contributed by atoms with E-state index in [2.05, 4.69) is 10.3 Å². The molecule has 0 unspecified atom stereocenters. The fourth-order valence-corrected chi connectivity index (χ4v) is 6.00. The van der Waals surface area contributed by atoms with Gasteiger partial charge in [0.25, 0.3) is 0 Å². The summed E-state index contributed by atoms with van der Waals surface area (Å²) >= 11 is 0. The number of aryl methyl sites for hydroxylation is 1. The lowest BCUT2D eigenvalue weighted by Crippen LogP contribution is -2.55. The number of piperidine rings is 1. The molecule has 1 fully saturated rings. The van der Waals surface area contributed by atoms with Gasteiger partial charge in [0.05, 0.1) is 10.6 Å². The van der Waals surface area contributed by atoms with Crippen molar-refractivity contribution in [2.75, 3.05) is 13.1 Å². The van der Waals surface area contributed by atoms with Crippen molar-refractivity contribution < 1.29 is 31.1 Å². The average Bonchev–Trinajstić information content (AvgIpc) is 2.78. The summed E-state index contributed by atoms with van der Waals surface area (Å²) in [6.45, 7) is 5.88. The number of carbonyl (C=O) groups is 1. The van der Waals surface area contributed by atoms with Crippen LogP contribution in [0.5, 0.6) is 0 Å². The van der Waals surface area contributed by atoms with E-state index in [4.69, 9.17) is 4.74 Å². The van der Waals surface area contributed by atoms with Gasteiger partial charge in [-0.1, -0.05) is 18.2 Å². The molecule has 0 radical (unpaired) electrons. The Hall–Kier alpha value is -2.46. The van der Waals surface area contributed by atoms with Crippen molar-refractivity contribution in [3.05, 3.63) is 48.2 Å². The van der Waals surface area contributed by atoms with Gasteiger partial charge < -0.3 is 10.1 Å². The number of sulfone groups is 1. The van der Waals surface area contributed by atoms with Crippen LogP contribution < -0.4 is 5.32 Å². The molecular formula is C25H31F3N2O4S. The molecule has 1 aliphatic rings. The number of aromatic nitrogens is 1. The minimum absolute atomic E-state index is 0.00794. The number of esters is 1. The maximum Gasteiger partial charge on any atom is 0.389 e. The molecule has 6 nitrogen and oxygen atoms in total. The molecule has 1 N–H and O–H groups in total. The number of halogens is 3. The Morgan fingerprint density at radius 1 is 1.06 bits per heavy atom. The predicted octanol–water partition coefficient (Wildman–Crippen LogP) is 4.87. The molecule has 1 aromatic carbocycles. The van der Waals surface area contributed by atoms with Gasteiger partial charge in [0.2, 0.25) is 0 Å². The molecule has 0 spiro atoms. The number of nitrogens with one attached hydrogen (secondary N) is 1. The van der Waals surface area contributed by atoms with Gasteiger partial charge in [-0.2, -0.15) is 13.2 Å². The van der Waals surface area contributed by atoms with Gasteiger partial charge in [-0.25, -0.2) is 8.42 Å². The average molecular weight is 513 g/mol. The molecule has 192 valence electrons. The first-order valence-corrected chi connectivity index (χ1v) is 13.0. The summed E-state index contributed by atoms with van der Waals surface area (Å²) in [5.41, 5.74) is 1.10. The number of hydrogen-bond acceptors (Lipinski definition) is 6. The Bertz CT molecular complexity index is 1120. The molecule has 0 bridgehead atoms. The Labute approximate surface area is 204 Å². The lowest BCUT2D eigenvalue weighted by atomic mass is 9.96. The molecule has 0 saturated carbocycles. The Morgan fingerprint density at radius 2 is 1.69 bits per heavy atom. The highest BCUT2D eigenvalue weighted by atomic mass is 32.2. The molecule has 2 heterocycles. The van der Waals surface area contributed by atoms with Crippen molar-refractivity contribution in [2.24, 2.45) is 0 Å². The van der Waals surface area contributed by atoms with E-state index in [9.17, 15) is 26.4 Å². The van der Waals surface area contributed by atoms with Crippen LogP contribution in [0.25, 0.3) is 11.3 Å². The lowest BCUT2D eigenvalue weighted by molar-refractivity contribution is -0.159. The summed E-state index contributed by atoms with van der Waals surface area (Å²) in [4.78, 5) is 17.4. The fraction of sp³-hybridized carbons (Fsp3) is 0.520. The topological polar surface area (TPSA) is 85.4 Å². The number of carbonyl (C=O) groups excluding carboxylic acids is 1. The zero-order chi connectivity index (χ0) is 25.9. The molecule has 1 aromatic heterocycles. The molecule has 35 heavy (non-hydrogen) atoms. The van der Waals surface area contributed by atoms with Crippen LogP contribution in [0, 0.1) is 0 Å². The summed E-state index contributed by atoms with van der Waals surface area (Å²) in [5, 5.41) is 3.10. The minimum Gasteiger partial charge on any atom is -0.459 e. The second-order valence-electron chi connectivity index (χ2n) is 9.79. The van der Waals surface area contributed by atoms with Gasteiger partial charge in [0.1, 0.15) is 5.60 Å². The van der Waals surface area contributed by atoms with E-state index in [1.165, 1.54) is 18.3 Å². The van der Waals surface area contributed by atoms with Gasteiger partial charge in [-0.3, -0.25) is 9.78 Å². The molecule has 10 heteroatoms.